The minimum atomic E-state index is -0.881. The second-order valence-electron chi connectivity index (χ2n) is 7.47. The number of hydrogen-bond acceptors (Lipinski definition) is 4. The van der Waals surface area contributed by atoms with Crippen LogP contribution in [0.25, 0.3) is 0 Å². The minimum Gasteiger partial charge on any atom is -0.497 e. The van der Waals surface area contributed by atoms with Crippen LogP contribution in [0.2, 0.25) is 5.02 Å². The maximum Gasteiger partial charge on any atom is 0.251 e. The van der Waals surface area contributed by atoms with Crippen molar-refractivity contribution in [1.29, 1.82) is 0 Å². The van der Waals surface area contributed by atoms with E-state index in [0.717, 1.165) is 16.9 Å². The van der Waals surface area contributed by atoms with E-state index in [1.807, 2.05) is 24.3 Å². The van der Waals surface area contributed by atoms with E-state index in [1.165, 1.54) is 12.1 Å². The second-order valence-corrected chi connectivity index (χ2v) is 7.91. The van der Waals surface area contributed by atoms with Gasteiger partial charge in [0.2, 0.25) is 0 Å². The zero-order valence-corrected chi connectivity index (χ0v) is 18.5. The van der Waals surface area contributed by atoms with E-state index in [4.69, 9.17) is 16.3 Å². The van der Waals surface area contributed by atoms with Gasteiger partial charge in [-0.3, -0.25) is 4.79 Å². The zero-order chi connectivity index (χ0) is 22.9. The molecule has 0 aliphatic rings. The topological polar surface area (TPSA) is 70.6 Å². The van der Waals surface area contributed by atoms with Gasteiger partial charge < -0.3 is 20.5 Å². The van der Waals surface area contributed by atoms with Crippen molar-refractivity contribution < 1.29 is 19.0 Å². The van der Waals surface area contributed by atoms with Crippen LogP contribution in [0.5, 0.6) is 5.75 Å². The largest absolute Gasteiger partial charge is 0.497 e. The van der Waals surface area contributed by atoms with Gasteiger partial charge in [0.05, 0.1) is 19.3 Å². The Balaban J connectivity index is 1.67. The molecular weight excluding hydrogens is 431 g/mol. The number of rotatable bonds is 10. The van der Waals surface area contributed by atoms with Gasteiger partial charge >= 0.3 is 0 Å². The highest BCUT2D eigenvalue weighted by Gasteiger charge is 2.22. The smallest absolute Gasteiger partial charge is 0.251 e. The van der Waals surface area contributed by atoms with E-state index in [1.54, 1.807) is 43.5 Å². The number of amides is 1. The molecule has 0 saturated heterocycles. The minimum absolute atomic E-state index is 0.249. The third kappa shape index (κ3) is 7.05. The van der Waals surface area contributed by atoms with Crippen LogP contribution in [-0.2, 0) is 13.0 Å². The van der Waals surface area contributed by atoms with Crippen LogP contribution in [0.4, 0.5) is 4.39 Å². The predicted octanol–water partition coefficient (Wildman–Crippen LogP) is 3.98. The Morgan fingerprint density at radius 2 is 1.81 bits per heavy atom. The highest BCUT2D eigenvalue weighted by atomic mass is 35.5. The van der Waals surface area contributed by atoms with Crippen molar-refractivity contribution in [3.63, 3.8) is 0 Å². The molecule has 0 bridgehead atoms. The summed E-state index contributed by atoms with van der Waals surface area (Å²) in [5, 5.41) is 17.4. The molecule has 0 heterocycles. The summed E-state index contributed by atoms with van der Waals surface area (Å²) in [4.78, 5) is 12.7. The van der Waals surface area contributed by atoms with Gasteiger partial charge in [0, 0.05) is 23.7 Å². The zero-order valence-electron chi connectivity index (χ0n) is 17.7. The van der Waals surface area contributed by atoms with Crippen LogP contribution in [0.3, 0.4) is 0 Å². The molecule has 0 saturated carbocycles. The summed E-state index contributed by atoms with van der Waals surface area (Å²) in [5.41, 5.74) is 2.21. The number of benzene rings is 3. The summed E-state index contributed by atoms with van der Waals surface area (Å²) in [6.45, 7) is 0.776. The van der Waals surface area contributed by atoms with Crippen molar-refractivity contribution in [1.82, 2.24) is 10.6 Å². The Morgan fingerprint density at radius 3 is 2.53 bits per heavy atom. The molecule has 0 unspecified atom stereocenters. The molecule has 1 amide bonds. The van der Waals surface area contributed by atoms with E-state index in [2.05, 4.69) is 10.6 Å². The Bertz CT molecular complexity index is 1030. The van der Waals surface area contributed by atoms with Crippen molar-refractivity contribution in [2.24, 2.45) is 0 Å². The third-order valence-electron chi connectivity index (χ3n) is 5.05. The van der Waals surface area contributed by atoms with Crippen molar-refractivity contribution in [2.45, 2.75) is 25.1 Å². The van der Waals surface area contributed by atoms with Crippen molar-refractivity contribution >= 4 is 17.5 Å². The van der Waals surface area contributed by atoms with Crippen LogP contribution in [0.1, 0.15) is 21.5 Å². The SMILES string of the molecule is COc1cccc(CNC[C@H](O)[C@H](Cc2ccc(F)cc2)NC(=O)c2cccc(Cl)c2)c1. The van der Waals surface area contributed by atoms with Gasteiger partial charge in [-0.1, -0.05) is 41.9 Å². The lowest BCUT2D eigenvalue weighted by Crippen LogP contribution is -2.48. The highest BCUT2D eigenvalue weighted by Crippen LogP contribution is 2.14. The van der Waals surface area contributed by atoms with Gasteiger partial charge in [0.15, 0.2) is 0 Å². The Morgan fingerprint density at radius 1 is 1.06 bits per heavy atom. The molecule has 7 heteroatoms. The van der Waals surface area contributed by atoms with Crippen LogP contribution in [0, 0.1) is 5.82 Å². The molecule has 0 spiro atoms. The quantitative estimate of drug-likeness (QED) is 0.431. The maximum absolute atomic E-state index is 13.3. The molecule has 2 atom stereocenters. The number of methoxy groups -OCH3 is 1. The molecule has 0 radical (unpaired) electrons. The summed E-state index contributed by atoms with van der Waals surface area (Å²) in [6, 6.07) is 19.6. The second kappa shape index (κ2) is 11.6. The van der Waals surface area contributed by atoms with Gasteiger partial charge in [-0.15, -0.1) is 0 Å². The molecule has 3 rings (SSSR count). The monoisotopic (exact) mass is 456 g/mol. The summed E-state index contributed by atoms with van der Waals surface area (Å²) in [5.74, 6) is 0.0769. The summed E-state index contributed by atoms with van der Waals surface area (Å²) in [7, 11) is 1.61. The standard InChI is InChI=1S/C25H26ClFN2O3/c1-32-22-7-2-4-18(12-22)15-28-16-24(30)23(13-17-8-10-21(27)11-9-17)29-25(31)19-5-3-6-20(26)14-19/h2-12,14,23-24,28,30H,13,15-16H2,1H3,(H,29,31)/t23-,24-/m0/s1. The molecule has 3 aromatic carbocycles. The van der Waals surface area contributed by atoms with Crippen LogP contribution in [0.15, 0.2) is 72.8 Å². The molecular formula is C25H26ClFN2O3. The Hall–Kier alpha value is -2.93. The summed E-state index contributed by atoms with van der Waals surface area (Å²) >= 11 is 6.00. The van der Waals surface area contributed by atoms with Crippen molar-refractivity contribution in [2.75, 3.05) is 13.7 Å². The first-order chi connectivity index (χ1) is 15.4. The Kier molecular flexibility index (Phi) is 8.62. The van der Waals surface area contributed by atoms with Gasteiger partial charge in [-0.2, -0.15) is 0 Å². The van der Waals surface area contributed by atoms with E-state index in [0.29, 0.717) is 23.6 Å². The molecule has 32 heavy (non-hydrogen) atoms. The molecule has 3 aromatic rings. The molecule has 3 N–H and O–H groups in total. The first-order valence-corrected chi connectivity index (χ1v) is 10.6. The number of nitrogens with one attached hydrogen (secondary N) is 2. The molecule has 0 aliphatic heterocycles. The predicted molar refractivity (Wildman–Crippen MR) is 124 cm³/mol. The van der Waals surface area contributed by atoms with Gasteiger partial charge in [-0.05, 0) is 60.0 Å². The van der Waals surface area contributed by atoms with E-state index < -0.39 is 12.1 Å². The molecule has 5 nitrogen and oxygen atoms in total. The van der Waals surface area contributed by atoms with Gasteiger partial charge in [0.1, 0.15) is 11.6 Å². The average Bonchev–Trinajstić information content (AvgIpc) is 2.80. The van der Waals surface area contributed by atoms with Crippen LogP contribution in [-0.4, -0.2) is 36.8 Å². The number of hydrogen-bond donors (Lipinski definition) is 3. The normalized spacial score (nSPS) is 12.8. The lowest BCUT2D eigenvalue weighted by Gasteiger charge is -2.25. The molecule has 0 fully saturated rings. The molecule has 0 aliphatic carbocycles. The lowest BCUT2D eigenvalue weighted by atomic mass is 10.00. The highest BCUT2D eigenvalue weighted by molar-refractivity contribution is 6.30. The molecule has 0 aromatic heterocycles. The van der Waals surface area contributed by atoms with Crippen molar-refractivity contribution in [3.8, 4) is 5.75 Å². The number of carbonyl (C=O) groups is 1. The number of halogens is 2. The van der Waals surface area contributed by atoms with Crippen LogP contribution >= 0.6 is 11.6 Å². The van der Waals surface area contributed by atoms with E-state index in [9.17, 15) is 14.3 Å². The first kappa shape index (κ1) is 23.7. The maximum atomic E-state index is 13.3. The van der Waals surface area contributed by atoms with Gasteiger partial charge in [-0.25, -0.2) is 4.39 Å². The molecule has 168 valence electrons. The Labute approximate surface area is 192 Å². The van der Waals surface area contributed by atoms with E-state index in [-0.39, 0.29) is 18.3 Å². The fourth-order valence-corrected chi connectivity index (χ4v) is 3.52. The third-order valence-corrected chi connectivity index (χ3v) is 5.29. The number of aliphatic hydroxyl groups excluding tert-OH is 1. The first-order valence-electron chi connectivity index (χ1n) is 10.3. The average molecular weight is 457 g/mol. The summed E-state index contributed by atoms with van der Waals surface area (Å²) in [6.07, 6.45) is -0.539. The number of carbonyl (C=O) groups excluding carboxylic acids is 1. The fourth-order valence-electron chi connectivity index (χ4n) is 3.33. The number of aliphatic hydroxyl groups is 1. The summed E-state index contributed by atoms with van der Waals surface area (Å²) < 4.78 is 18.5. The fraction of sp³-hybridized carbons (Fsp3) is 0.240. The lowest BCUT2D eigenvalue weighted by molar-refractivity contribution is 0.0830. The van der Waals surface area contributed by atoms with Gasteiger partial charge in [0.25, 0.3) is 5.91 Å². The van der Waals surface area contributed by atoms with E-state index >= 15 is 0 Å². The van der Waals surface area contributed by atoms with Crippen LogP contribution < -0.4 is 15.4 Å². The number of ether oxygens (including phenoxy) is 1. The van der Waals surface area contributed by atoms with Crippen molar-refractivity contribution in [3.05, 3.63) is 100 Å².